The van der Waals surface area contributed by atoms with E-state index in [1.807, 2.05) is 31.2 Å². The van der Waals surface area contributed by atoms with E-state index in [1.165, 1.54) is 21.9 Å². The molecule has 7 nitrogen and oxygen atoms in total. The predicted octanol–water partition coefficient (Wildman–Crippen LogP) is 3.73. The Hall–Kier alpha value is -3.66. The first-order valence-electron chi connectivity index (χ1n) is 8.86. The van der Waals surface area contributed by atoms with Crippen molar-refractivity contribution >= 4 is 28.0 Å². The van der Waals surface area contributed by atoms with Gasteiger partial charge in [-0.2, -0.15) is 9.61 Å². The van der Waals surface area contributed by atoms with Crippen molar-refractivity contribution in [2.24, 2.45) is 0 Å². The Balaban J connectivity index is 1.49. The van der Waals surface area contributed by atoms with Crippen LogP contribution in [-0.2, 0) is 6.54 Å². The van der Waals surface area contributed by atoms with Gasteiger partial charge >= 0.3 is 6.03 Å². The van der Waals surface area contributed by atoms with Gasteiger partial charge in [-0.05, 0) is 19.1 Å². The number of aryl methyl sites for hydroxylation is 1. The van der Waals surface area contributed by atoms with Gasteiger partial charge in [0.05, 0.1) is 17.9 Å². The van der Waals surface area contributed by atoms with Gasteiger partial charge in [0.25, 0.3) is 5.56 Å². The SMILES string of the molecule is Cc1ccc(-c2nn3c(=O)cc(CNC(=O)Nc4ccc(F)cc4F)nc3s2)cc1. The summed E-state index contributed by atoms with van der Waals surface area (Å²) in [5.74, 6) is -1.64. The van der Waals surface area contributed by atoms with Crippen LogP contribution in [0.2, 0.25) is 0 Å². The van der Waals surface area contributed by atoms with Crippen molar-refractivity contribution in [2.75, 3.05) is 5.32 Å². The maximum Gasteiger partial charge on any atom is 0.319 e. The first kappa shape index (κ1) is 19.6. The molecule has 0 radical (unpaired) electrons. The molecule has 0 spiro atoms. The topological polar surface area (TPSA) is 88.4 Å². The van der Waals surface area contributed by atoms with Crippen molar-refractivity contribution < 1.29 is 13.6 Å². The van der Waals surface area contributed by atoms with Crippen LogP contribution in [0.3, 0.4) is 0 Å². The maximum absolute atomic E-state index is 13.6. The Morgan fingerprint density at radius 1 is 1.13 bits per heavy atom. The molecule has 4 aromatic rings. The molecule has 10 heteroatoms. The summed E-state index contributed by atoms with van der Waals surface area (Å²) in [6, 6.07) is 11.1. The van der Waals surface area contributed by atoms with Crippen LogP contribution in [0.5, 0.6) is 0 Å². The molecule has 0 saturated carbocycles. The molecule has 4 rings (SSSR count). The number of nitrogens with one attached hydrogen (secondary N) is 2. The monoisotopic (exact) mass is 427 g/mol. The molecule has 0 fully saturated rings. The number of nitrogens with zero attached hydrogens (tertiary/aromatic N) is 3. The lowest BCUT2D eigenvalue weighted by molar-refractivity contribution is 0.251. The number of carbonyl (C=O) groups excluding carboxylic acids is 1. The third kappa shape index (κ3) is 4.18. The molecule has 0 saturated heterocycles. The molecule has 0 aliphatic rings. The van der Waals surface area contributed by atoms with E-state index in [9.17, 15) is 18.4 Å². The van der Waals surface area contributed by atoms with Crippen molar-refractivity contribution in [1.29, 1.82) is 0 Å². The zero-order valence-electron chi connectivity index (χ0n) is 15.6. The van der Waals surface area contributed by atoms with Crippen molar-refractivity contribution in [1.82, 2.24) is 19.9 Å². The fraction of sp³-hybridized carbons (Fsp3) is 0.100. The second-order valence-electron chi connectivity index (χ2n) is 6.49. The quantitative estimate of drug-likeness (QED) is 0.520. The number of halogens is 2. The van der Waals surface area contributed by atoms with Crippen LogP contribution < -0.4 is 16.2 Å². The normalized spacial score (nSPS) is 10.9. The Labute approximate surface area is 173 Å². The van der Waals surface area contributed by atoms with Gasteiger partial charge in [0.15, 0.2) is 0 Å². The lowest BCUT2D eigenvalue weighted by atomic mass is 10.2. The summed E-state index contributed by atoms with van der Waals surface area (Å²) in [7, 11) is 0. The van der Waals surface area contributed by atoms with Crippen LogP contribution in [0.1, 0.15) is 11.3 Å². The predicted molar refractivity (Wildman–Crippen MR) is 110 cm³/mol. The second kappa shape index (κ2) is 7.99. The summed E-state index contributed by atoms with van der Waals surface area (Å²) in [6.45, 7) is 1.92. The molecule has 2 N–H and O–H groups in total. The third-order valence-electron chi connectivity index (χ3n) is 4.21. The molecule has 0 aliphatic heterocycles. The fourth-order valence-corrected chi connectivity index (χ4v) is 3.62. The lowest BCUT2D eigenvalue weighted by Gasteiger charge is -2.08. The third-order valence-corrected chi connectivity index (χ3v) is 5.16. The van der Waals surface area contributed by atoms with E-state index in [0.29, 0.717) is 21.7 Å². The first-order chi connectivity index (χ1) is 14.4. The van der Waals surface area contributed by atoms with E-state index in [-0.39, 0.29) is 17.8 Å². The lowest BCUT2D eigenvalue weighted by Crippen LogP contribution is -2.29. The van der Waals surface area contributed by atoms with E-state index in [0.717, 1.165) is 23.3 Å². The molecule has 0 atom stereocenters. The van der Waals surface area contributed by atoms with Crippen LogP contribution >= 0.6 is 11.3 Å². The van der Waals surface area contributed by atoms with Gasteiger partial charge in [0.1, 0.15) is 16.6 Å². The van der Waals surface area contributed by atoms with E-state index >= 15 is 0 Å². The molecule has 152 valence electrons. The van der Waals surface area contributed by atoms with Crippen LogP contribution in [0.25, 0.3) is 15.5 Å². The average Bonchev–Trinajstić information content (AvgIpc) is 3.14. The van der Waals surface area contributed by atoms with Gasteiger partial charge in [-0.25, -0.2) is 18.6 Å². The highest BCUT2D eigenvalue weighted by Crippen LogP contribution is 2.24. The molecule has 2 aromatic heterocycles. The van der Waals surface area contributed by atoms with Crippen LogP contribution in [0, 0.1) is 18.6 Å². The van der Waals surface area contributed by atoms with Gasteiger partial charge in [-0.15, -0.1) is 0 Å². The highest BCUT2D eigenvalue weighted by Gasteiger charge is 2.12. The Kier molecular flexibility index (Phi) is 5.23. The summed E-state index contributed by atoms with van der Waals surface area (Å²) in [6.07, 6.45) is 0. The standard InChI is InChI=1S/C20H15F2N5O2S/c1-11-2-4-12(5-3-11)18-26-27-17(28)9-14(24-20(27)30-18)10-23-19(29)25-16-7-6-13(21)8-15(16)22/h2-9H,10H2,1H3,(H2,23,25,29). The molecule has 2 amide bonds. The van der Waals surface area contributed by atoms with E-state index in [4.69, 9.17) is 0 Å². The van der Waals surface area contributed by atoms with Gasteiger partial charge in [0, 0.05) is 17.7 Å². The Morgan fingerprint density at radius 2 is 1.90 bits per heavy atom. The minimum atomic E-state index is -0.892. The number of hydrogen-bond donors (Lipinski definition) is 2. The zero-order chi connectivity index (χ0) is 21.3. The number of fused-ring (bicyclic) bond motifs is 1. The average molecular weight is 427 g/mol. The molecule has 0 bridgehead atoms. The van der Waals surface area contributed by atoms with Gasteiger partial charge in [-0.3, -0.25) is 4.79 Å². The maximum atomic E-state index is 13.6. The number of urea groups is 1. The second-order valence-corrected chi connectivity index (χ2v) is 7.44. The zero-order valence-corrected chi connectivity index (χ0v) is 16.5. The summed E-state index contributed by atoms with van der Waals surface area (Å²) in [5.41, 5.74) is 1.77. The molecular weight excluding hydrogens is 412 g/mol. The molecule has 0 aliphatic carbocycles. The first-order valence-corrected chi connectivity index (χ1v) is 9.67. The molecule has 2 heterocycles. The van der Waals surface area contributed by atoms with Crippen LogP contribution in [0.4, 0.5) is 19.3 Å². The number of hydrogen-bond acceptors (Lipinski definition) is 5. The largest absolute Gasteiger partial charge is 0.332 e. The van der Waals surface area contributed by atoms with Crippen LogP contribution in [-0.4, -0.2) is 20.6 Å². The highest BCUT2D eigenvalue weighted by molar-refractivity contribution is 7.19. The summed E-state index contributed by atoms with van der Waals surface area (Å²) in [5, 5.41) is 9.72. The number of aromatic nitrogens is 3. The molecular formula is C20H15F2N5O2S. The number of benzene rings is 2. The number of rotatable bonds is 4. The van der Waals surface area contributed by atoms with E-state index in [1.54, 1.807) is 0 Å². The summed E-state index contributed by atoms with van der Waals surface area (Å²) < 4.78 is 27.8. The summed E-state index contributed by atoms with van der Waals surface area (Å²) in [4.78, 5) is 29.1. The number of amides is 2. The summed E-state index contributed by atoms with van der Waals surface area (Å²) >= 11 is 1.25. The Morgan fingerprint density at radius 3 is 2.63 bits per heavy atom. The van der Waals surface area contributed by atoms with Gasteiger partial charge in [-0.1, -0.05) is 41.2 Å². The Bertz CT molecular complexity index is 1300. The van der Waals surface area contributed by atoms with Crippen molar-refractivity contribution in [3.05, 3.63) is 81.8 Å². The van der Waals surface area contributed by atoms with Gasteiger partial charge < -0.3 is 10.6 Å². The van der Waals surface area contributed by atoms with E-state index < -0.39 is 17.7 Å². The molecule has 2 aromatic carbocycles. The number of carbonyl (C=O) groups is 1. The minimum absolute atomic E-state index is 0.0574. The van der Waals surface area contributed by atoms with Crippen molar-refractivity contribution in [2.45, 2.75) is 13.5 Å². The molecule has 0 unspecified atom stereocenters. The smallest absolute Gasteiger partial charge is 0.319 e. The van der Waals surface area contributed by atoms with Crippen molar-refractivity contribution in [3.8, 4) is 10.6 Å². The van der Waals surface area contributed by atoms with Gasteiger partial charge in [0.2, 0.25) is 4.96 Å². The minimum Gasteiger partial charge on any atom is -0.332 e. The van der Waals surface area contributed by atoms with Crippen molar-refractivity contribution in [3.63, 3.8) is 0 Å². The van der Waals surface area contributed by atoms with E-state index in [2.05, 4.69) is 20.7 Å². The highest BCUT2D eigenvalue weighted by atomic mass is 32.1. The van der Waals surface area contributed by atoms with Crippen LogP contribution in [0.15, 0.2) is 53.3 Å². The fourth-order valence-electron chi connectivity index (χ4n) is 2.69. The molecule has 30 heavy (non-hydrogen) atoms. The number of anilines is 1.